The van der Waals surface area contributed by atoms with Crippen LogP contribution in [0, 0.1) is 0 Å². The van der Waals surface area contributed by atoms with Crippen molar-refractivity contribution >= 4 is 23.7 Å². The number of para-hydroxylation sites is 1. The number of nitrogens with zero attached hydrogens (tertiary/aromatic N) is 1. The Bertz CT molecular complexity index is 1260. The highest BCUT2D eigenvalue weighted by atomic mass is 16.7. The highest BCUT2D eigenvalue weighted by molar-refractivity contribution is 6.09. The molecule has 0 saturated carbocycles. The molecule has 0 saturated heterocycles. The maximum Gasteiger partial charge on any atom is 0.273 e. The second kappa shape index (κ2) is 10.5. The number of hydrazone groups is 1. The number of carbonyl (C=O) groups excluding carboxylic acids is 2. The zero-order chi connectivity index (χ0) is 24.8. The Morgan fingerprint density at radius 1 is 0.886 bits per heavy atom. The Morgan fingerprint density at radius 2 is 1.60 bits per heavy atom. The lowest BCUT2D eigenvalue weighted by Gasteiger charge is -2.15. The molecule has 180 valence electrons. The number of carbonyl (C=O) groups is 2. The third-order valence-electron chi connectivity index (χ3n) is 5.12. The number of anilines is 1. The molecular weight excluding hydrogens is 454 g/mol. The Labute approximate surface area is 201 Å². The van der Waals surface area contributed by atoms with Gasteiger partial charge in [-0.05, 0) is 48.0 Å². The molecule has 1 aliphatic rings. The first kappa shape index (κ1) is 23.4. The molecule has 1 heterocycles. The van der Waals surface area contributed by atoms with Crippen LogP contribution < -0.4 is 34.4 Å². The van der Waals surface area contributed by atoms with Crippen molar-refractivity contribution in [3.63, 3.8) is 0 Å². The first-order valence-corrected chi connectivity index (χ1v) is 10.5. The maximum atomic E-state index is 13.0. The molecule has 0 aromatic heterocycles. The van der Waals surface area contributed by atoms with Gasteiger partial charge in [0.15, 0.2) is 23.0 Å². The summed E-state index contributed by atoms with van der Waals surface area (Å²) < 4.78 is 26.5. The van der Waals surface area contributed by atoms with E-state index in [1.807, 2.05) is 0 Å². The van der Waals surface area contributed by atoms with E-state index in [1.165, 1.54) is 39.7 Å². The largest absolute Gasteiger partial charge is 0.493 e. The Morgan fingerprint density at radius 3 is 2.31 bits per heavy atom. The van der Waals surface area contributed by atoms with Crippen LogP contribution in [0.4, 0.5) is 5.69 Å². The molecule has 1 aliphatic heterocycles. The van der Waals surface area contributed by atoms with Crippen molar-refractivity contribution in [1.82, 2.24) is 5.43 Å². The topological polar surface area (TPSA) is 117 Å². The zero-order valence-electron chi connectivity index (χ0n) is 19.3. The molecule has 3 aromatic rings. The van der Waals surface area contributed by atoms with Gasteiger partial charge in [-0.1, -0.05) is 12.1 Å². The van der Waals surface area contributed by atoms with Crippen molar-refractivity contribution in [2.75, 3.05) is 33.4 Å². The lowest BCUT2D eigenvalue weighted by molar-refractivity contribution is 0.0956. The quantitative estimate of drug-likeness (QED) is 0.377. The lowest BCUT2D eigenvalue weighted by Crippen LogP contribution is -2.21. The van der Waals surface area contributed by atoms with Crippen molar-refractivity contribution in [2.45, 2.75) is 0 Å². The van der Waals surface area contributed by atoms with Crippen LogP contribution >= 0.6 is 0 Å². The smallest absolute Gasteiger partial charge is 0.273 e. The molecule has 3 aromatic carbocycles. The number of amides is 2. The molecule has 10 nitrogen and oxygen atoms in total. The molecule has 4 rings (SSSR count). The summed E-state index contributed by atoms with van der Waals surface area (Å²) in [7, 11) is 4.40. The Balaban J connectivity index is 1.49. The van der Waals surface area contributed by atoms with Gasteiger partial charge in [-0.3, -0.25) is 9.59 Å². The minimum atomic E-state index is -0.497. The van der Waals surface area contributed by atoms with Gasteiger partial charge in [-0.25, -0.2) is 5.43 Å². The van der Waals surface area contributed by atoms with E-state index in [4.69, 9.17) is 23.7 Å². The predicted octanol–water partition coefficient (Wildman–Crippen LogP) is 3.46. The van der Waals surface area contributed by atoms with E-state index < -0.39 is 11.8 Å². The molecule has 0 atom stereocenters. The fourth-order valence-electron chi connectivity index (χ4n) is 3.42. The second-order valence-corrected chi connectivity index (χ2v) is 7.23. The van der Waals surface area contributed by atoms with Crippen molar-refractivity contribution in [3.05, 3.63) is 71.3 Å². The number of hydrogen-bond acceptors (Lipinski definition) is 8. The number of fused-ring (bicyclic) bond motifs is 1. The summed E-state index contributed by atoms with van der Waals surface area (Å²) >= 11 is 0. The van der Waals surface area contributed by atoms with Crippen molar-refractivity contribution < 1.29 is 33.3 Å². The highest BCUT2D eigenvalue weighted by Gasteiger charge is 2.19. The SMILES string of the molecule is COc1cc(C(=O)Nc2ccccc2C(=O)N/N=C\c2ccc3c(c2)OCO3)cc(OC)c1OC. The molecule has 0 aliphatic carbocycles. The summed E-state index contributed by atoms with van der Waals surface area (Å²) in [5, 5.41) is 6.76. The van der Waals surface area contributed by atoms with E-state index in [2.05, 4.69) is 15.8 Å². The second-order valence-electron chi connectivity index (χ2n) is 7.23. The van der Waals surface area contributed by atoms with E-state index in [9.17, 15) is 9.59 Å². The first-order chi connectivity index (χ1) is 17.0. The summed E-state index contributed by atoms with van der Waals surface area (Å²) in [5.74, 6) is 1.34. The predicted molar refractivity (Wildman–Crippen MR) is 128 cm³/mol. The number of benzene rings is 3. The average Bonchev–Trinajstić information content (AvgIpc) is 3.36. The van der Waals surface area contributed by atoms with E-state index in [1.54, 1.807) is 42.5 Å². The van der Waals surface area contributed by atoms with Gasteiger partial charge in [0, 0.05) is 5.56 Å². The van der Waals surface area contributed by atoms with Gasteiger partial charge in [-0.15, -0.1) is 0 Å². The molecular formula is C25H23N3O7. The van der Waals surface area contributed by atoms with Crippen molar-refractivity contribution in [2.24, 2.45) is 5.10 Å². The molecule has 0 fully saturated rings. The van der Waals surface area contributed by atoms with Gasteiger partial charge in [-0.2, -0.15) is 5.10 Å². The van der Waals surface area contributed by atoms with E-state index >= 15 is 0 Å². The molecule has 2 amide bonds. The number of hydrogen-bond donors (Lipinski definition) is 2. The molecule has 10 heteroatoms. The monoisotopic (exact) mass is 477 g/mol. The van der Waals surface area contributed by atoms with Crippen LogP contribution in [0.3, 0.4) is 0 Å². The summed E-state index contributed by atoms with van der Waals surface area (Å²) in [6.45, 7) is 0.172. The van der Waals surface area contributed by atoms with E-state index in [-0.39, 0.29) is 17.9 Å². The lowest BCUT2D eigenvalue weighted by atomic mass is 10.1. The highest BCUT2D eigenvalue weighted by Crippen LogP contribution is 2.38. The summed E-state index contributed by atoms with van der Waals surface area (Å²) in [6, 6.07) is 14.9. The van der Waals surface area contributed by atoms with Gasteiger partial charge < -0.3 is 29.0 Å². The Hall–Kier alpha value is -4.73. The summed E-state index contributed by atoms with van der Waals surface area (Å²) in [6.07, 6.45) is 1.48. The fraction of sp³-hybridized carbons (Fsp3) is 0.160. The summed E-state index contributed by atoms with van der Waals surface area (Å²) in [4.78, 5) is 25.7. The van der Waals surface area contributed by atoms with Gasteiger partial charge >= 0.3 is 0 Å². The third kappa shape index (κ3) is 5.11. The molecule has 2 N–H and O–H groups in total. The molecule has 0 radical (unpaired) electrons. The van der Waals surface area contributed by atoms with Crippen LogP contribution in [0.2, 0.25) is 0 Å². The minimum Gasteiger partial charge on any atom is -0.493 e. The van der Waals surface area contributed by atoms with Crippen molar-refractivity contribution in [1.29, 1.82) is 0 Å². The molecule has 0 unspecified atom stereocenters. The van der Waals surface area contributed by atoms with E-state index in [0.717, 1.165) is 5.56 Å². The van der Waals surface area contributed by atoms with Crippen LogP contribution in [-0.2, 0) is 0 Å². The van der Waals surface area contributed by atoms with Crippen LogP contribution in [0.1, 0.15) is 26.3 Å². The minimum absolute atomic E-state index is 0.172. The number of ether oxygens (including phenoxy) is 5. The standard InChI is InChI=1S/C25H23N3O7/c1-31-21-11-16(12-22(32-2)23(21)33-3)24(29)27-18-7-5-4-6-17(18)25(30)28-26-13-15-8-9-19-20(10-15)35-14-34-19/h4-13H,14H2,1-3H3,(H,27,29)(H,28,30)/b26-13-. The summed E-state index contributed by atoms with van der Waals surface area (Å²) in [5.41, 5.74) is 3.99. The Kier molecular flexibility index (Phi) is 7.01. The van der Waals surface area contributed by atoms with Crippen LogP contribution in [0.25, 0.3) is 0 Å². The van der Waals surface area contributed by atoms with Crippen LogP contribution in [0.5, 0.6) is 28.7 Å². The fourth-order valence-corrected chi connectivity index (χ4v) is 3.42. The van der Waals surface area contributed by atoms with Crippen molar-refractivity contribution in [3.8, 4) is 28.7 Å². The first-order valence-electron chi connectivity index (χ1n) is 10.5. The number of methoxy groups -OCH3 is 3. The normalized spacial score (nSPS) is 11.7. The average molecular weight is 477 g/mol. The molecule has 35 heavy (non-hydrogen) atoms. The van der Waals surface area contributed by atoms with Crippen LogP contribution in [-0.4, -0.2) is 46.2 Å². The molecule has 0 bridgehead atoms. The van der Waals surface area contributed by atoms with Gasteiger partial charge in [0.1, 0.15) is 0 Å². The van der Waals surface area contributed by atoms with E-state index in [0.29, 0.717) is 34.4 Å². The van der Waals surface area contributed by atoms with Crippen LogP contribution in [0.15, 0.2) is 59.7 Å². The van der Waals surface area contributed by atoms with Gasteiger partial charge in [0.05, 0.1) is 38.8 Å². The third-order valence-corrected chi connectivity index (χ3v) is 5.12. The number of nitrogens with one attached hydrogen (secondary N) is 2. The number of rotatable bonds is 8. The van der Waals surface area contributed by atoms with Gasteiger partial charge in [0.25, 0.3) is 11.8 Å². The van der Waals surface area contributed by atoms with Gasteiger partial charge in [0.2, 0.25) is 12.5 Å². The maximum absolute atomic E-state index is 13.0. The zero-order valence-corrected chi connectivity index (χ0v) is 19.3. The molecule has 0 spiro atoms.